The van der Waals surface area contributed by atoms with Gasteiger partial charge >= 0.3 is 11.9 Å². The summed E-state index contributed by atoms with van der Waals surface area (Å²) in [4.78, 5) is 37.5. The van der Waals surface area contributed by atoms with Crippen LogP contribution >= 0.6 is 0 Å². The van der Waals surface area contributed by atoms with Crippen molar-refractivity contribution in [2.75, 3.05) is 13.2 Å². The molecule has 0 N–H and O–H groups in total. The molecule has 0 unspecified atom stereocenters. The average molecular weight is 495 g/mol. The molecular weight excluding hydrogens is 460 g/mol. The summed E-state index contributed by atoms with van der Waals surface area (Å²) in [5, 5.41) is 0.332. The van der Waals surface area contributed by atoms with Gasteiger partial charge in [-0.25, -0.2) is 0 Å². The lowest BCUT2D eigenvalue weighted by Crippen LogP contribution is -2.16. The SMILES string of the molecule is CCCCOC(=O)CCCCC(=O)Oc1c(-c2ccc(OCCCC)cc2)oc2ccccc2c1=O. The Bertz CT molecular complexity index is 1190. The van der Waals surface area contributed by atoms with Gasteiger partial charge in [0.25, 0.3) is 0 Å². The molecule has 36 heavy (non-hydrogen) atoms. The molecule has 2 aromatic carbocycles. The van der Waals surface area contributed by atoms with E-state index in [0.29, 0.717) is 48.3 Å². The number of esters is 2. The third-order valence-electron chi connectivity index (χ3n) is 5.63. The third-order valence-corrected chi connectivity index (χ3v) is 5.63. The van der Waals surface area contributed by atoms with E-state index in [4.69, 9.17) is 18.6 Å². The Balaban J connectivity index is 1.72. The number of carbonyl (C=O) groups excluding carboxylic acids is 2. The van der Waals surface area contributed by atoms with E-state index in [-0.39, 0.29) is 30.3 Å². The minimum absolute atomic E-state index is 0.0676. The summed E-state index contributed by atoms with van der Waals surface area (Å²) in [6.45, 7) is 5.17. The van der Waals surface area contributed by atoms with Crippen molar-refractivity contribution >= 4 is 22.9 Å². The van der Waals surface area contributed by atoms with Crippen LogP contribution in [0.25, 0.3) is 22.3 Å². The second kappa shape index (κ2) is 14.1. The zero-order valence-corrected chi connectivity index (χ0v) is 21.0. The van der Waals surface area contributed by atoms with Crippen molar-refractivity contribution in [3.8, 4) is 22.8 Å². The van der Waals surface area contributed by atoms with Crippen LogP contribution in [0.4, 0.5) is 0 Å². The molecule has 0 bridgehead atoms. The van der Waals surface area contributed by atoms with Crippen LogP contribution in [0.2, 0.25) is 0 Å². The number of hydrogen-bond acceptors (Lipinski definition) is 7. The quantitative estimate of drug-likeness (QED) is 0.188. The van der Waals surface area contributed by atoms with Gasteiger partial charge < -0.3 is 18.6 Å². The van der Waals surface area contributed by atoms with Crippen LogP contribution in [0.3, 0.4) is 0 Å². The van der Waals surface area contributed by atoms with Gasteiger partial charge in [0.15, 0.2) is 5.76 Å². The summed E-state index contributed by atoms with van der Waals surface area (Å²) in [6.07, 6.45) is 5.05. The van der Waals surface area contributed by atoms with E-state index in [9.17, 15) is 14.4 Å². The number of hydrogen-bond donors (Lipinski definition) is 0. The molecule has 0 saturated carbocycles. The zero-order chi connectivity index (χ0) is 25.8. The summed E-state index contributed by atoms with van der Waals surface area (Å²) in [6, 6.07) is 14.0. The van der Waals surface area contributed by atoms with Crippen LogP contribution in [0.1, 0.15) is 65.2 Å². The number of unbranched alkanes of at least 4 members (excludes halogenated alkanes) is 3. The molecule has 0 saturated heterocycles. The minimum atomic E-state index is -0.558. The molecule has 0 atom stereocenters. The summed E-state index contributed by atoms with van der Waals surface area (Å²) in [7, 11) is 0. The van der Waals surface area contributed by atoms with Crippen molar-refractivity contribution in [3.05, 3.63) is 58.8 Å². The lowest BCUT2D eigenvalue weighted by molar-refractivity contribution is -0.144. The van der Waals surface area contributed by atoms with Crippen molar-refractivity contribution in [1.29, 1.82) is 0 Å². The van der Waals surface area contributed by atoms with Crippen molar-refractivity contribution < 1.29 is 28.2 Å². The number of carbonyl (C=O) groups is 2. The average Bonchev–Trinajstić information content (AvgIpc) is 2.89. The third kappa shape index (κ3) is 7.70. The largest absolute Gasteiger partial charge is 0.494 e. The monoisotopic (exact) mass is 494 g/mol. The molecule has 0 radical (unpaired) electrons. The molecular formula is C29H34O7. The summed E-state index contributed by atoms with van der Waals surface area (Å²) >= 11 is 0. The molecule has 3 rings (SSSR count). The van der Waals surface area contributed by atoms with Gasteiger partial charge in [0.2, 0.25) is 11.2 Å². The fraction of sp³-hybridized carbons (Fsp3) is 0.414. The lowest BCUT2D eigenvalue weighted by atomic mass is 10.1. The molecule has 0 spiro atoms. The van der Waals surface area contributed by atoms with Gasteiger partial charge in [0, 0.05) is 18.4 Å². The molecule has 0 aliphatic carbocycles. The predicted molar refractivity (Wildman–Crippen MR) is 138 cm³/mol. The van der Waals surface area contributed by atoms with Gasteiger partial charge in [-0.15, -0.1) is 0 Å². The second-order valence-corrected chi connectivity index (χ2v) is 8.57. The van der Waals surface area contributed by atoms with Gasteiger partial charge in [0.1, 0.15) is 11.3 Å². The molecule has 0 fully saturated rings. The normalized spacial score (nSPS) is 10.8. The number of rotatable bonds is 14. The Hall–Kier alpha value is -3.61. The van der Waals surface area contributed by atoms with E-state index in [1.807, 2.05) is 6.92 Å². The fourth-order valence-corrected chi connectivity index (χ4v) is 3.55. The highest BCUT2D eigenvalue weighted by atomic mass is 16.5. The van der Waals surface area contributed by atoms with Crippen molar-refractivity contribution in [1.82, 2.24) is 0 Å². The molecule has 0 amide bonds. The van der Waals surface area contributed by atoms with Gasteiger partial charge in [-0.1, -0.05) is 38.8 Å². The minimum Gasteiger partial charge on any atom is -0.494 e. The molecule has 1 heterocycles. The zero-order valence-electron chi connectivity index (χ0n) is 21.0. The summed E-state index contributed by atoms with van der Waals surface area (Å²) < 4.78 is 22.4. The van der Waals surface area contributed by atoms with Crippen molar-refractivity contribution in [2.24, 2.45) is 0 Å². The van der Waals surface area contributed by atoms with E-state index < -0.39 is 11.4 Å². The highest BCUT2D eigenvalue weighted by Gasteiger charge is 2.20. The number of para-hydroxylation sites is 1. The maximum Gasteiger partial charge on any atom is 0.311 e. The molecule has 7 nitrogen and oxygen atoms in total. The second-order valence-electron chi connectivity index (χ2n) is 8.57. The predicted octanol–water partition coefficient (Wildman–Crippen LogP) is 6.45. The molecule has 0 aliphatic rings. The van der Waals surface area contributed by atoms with Crippen molar-refractivity contribution in [2.45, 2.75) is 65.2 Å². The maximum absolute atomic E-state index is 13.2. The summed E-state index contributed by atoms with van der Waals surface area (Å²) in [5.41, 5.74) is 0.587. The van der Waals surface area contributed by atoms with E-state index in [1.54, 1.807) is 48.5 Å². The van der Waals surface area contributed by atoms with E-state index in [2.05, 4.69) is 6.92 Å². The summed E-state index contributed by atoms with van der Waals surface area (Å²) in [5.74, 6) is -0.0693. The first kappa shape index (κ1) is 27.0. The fourth-order valence-electron chi connectivity index (χ4n) is 3.55. The van der Waals surface area contributed by atoms with Crippen LogP contribution in [-0.2, 0) is 14.3 Å². The van der Waals surface area contributed by atoms with Crippen LogP contribution in [0, 0.1) is 0 Å². The Morgan fingerprint density at radius 3 is 2.19 bits per heavy atom. The van der Waals surface area contributed by atoms with Crippen LogP contribution in [0.15, 0.2) is 57.7 Å². The van der Waals surface area contributed by atoms with Crippen LogP contribution in [0.5, 0.6) is 11.5 Å². The highest BCUT2D eigenvalue weighted by Crippen LogP contribution is 2.32. The number of ether oxygens (including phenoxy) is 3. The van der Waals surface area contributed by atoms with Gasteiger partial charge in [-0.2, -0.15) is 0 Å². The van der Waals surface area contributed by atoms with Gasteiger partial charge in [0.05, 0.1) is 18.6 Å². The smallest absolute Gasteiger partial charge is 0.311 e. The Morgan fingerprint density at radius 1 is 0.806 bits per heavy atom. The van der Waals surface area contributed by atoms with Crippen LogP contribution in [-0.4, -0.2) is 25.2 Å². The number of benzene rings is 2. The molecule has 192 valence electrons. The van der Waals surface area contributed by atoms with E-state index in [1.165, 1.54) is 0 Å². The maximum atomic E-state index is 13.2. The van der Waals surface area contributed by atoms with Crippen LogP contribution < -0.4 is 14.9 Å². The van der Waals surface area contributed by atoms with Gasteiger partial charge in [-0.05, 0) is 62.1 Å². The first-order chi connectivity index (χ1) is 17.5. The lowest BCUT2D eigenvalue weighted by Gasteiger charge is -2.11. The topological polar surface area (TPSA) is 92.0 Å². The first-order valence-electron chi connectivity index (χ1n) is 12.7. The number of fused-ring (bicyclic) bond motifs is 1. The van der Waals surface area contributed by atoms with Gasteiger partial charge in [-0.3, -0.25) is 14.4 Å². The van der Waals surface area contributed by atoms with E-state index in [0.717, 1.165) is 25.7 Å². The molecule has 0 aliphatic heterocycles. The highest BCUT2D eigenvalue weighted by molar-refractivity contribution is 5.84. The Kier molecular flexibility index (Phi) is 10.5. The van der Waals surface area contributed by atoms with E-state index >= 15 is 0 Å². The standard InChI is InChI=1S/C29H34O7/c1-3-5-19-33-22-17-15-21(16-18-22)28-29(27(32)23-11-7-8-12-24(23)35-28)36-26(31)14-10-9-13-25(30)34-20-6-4-2/h7-8,11-12,15-18H,3-6,9-10,13-14,19-20H2,1-2H3. The molecule has 3 aromatic rings. The molecule has 1 aromatic heterocycles. The molecule has 7 heteroatoms. The first-order valence-corrected chi connectivity index (χ1v) is 12.7. The Labute approximate surface area is 211 Å². The Morgan fingerprint density at radius 2 is 1.47 bits per heavy atom. The van der Waals surface area contributed by atoms with Crippen molar-refractivity contribution in [3.63, 3.8) is 0 Å².